The Morgan fingerprint density at radius 3 is 2.48 bits per heavy atom. The smallest absolute Gasteiger partial charge is 0.129 e. The Labute approximate surface area is 130 Å². The third kappa shape index (κ3) is 3.96. The molecule has 116 valence electrons. The van der Waals surface area contributed by atoms with Gasteiger partial charge in [-0.1, -0.05) is 45.9 Å². The van der Waals surface area contributed by atoms with Gasteiger partial charge in [0.15, 0.2) is 0 Å². The van der Waals surface area contributed by atoms with Crippen LogP contribution in [0, 0.1) is 6.92 Å². The molecule has 0 spiro atoms. The van der Waals surface area contributed by atoms with E-state index in [-0.39, 0.29) is 0 Å². The van der Waals surface area contributed by atoms with Gasteiger partial charge in [-0.15, -0.1) is 0 Å². The SMILES string of the molecule is CC.CC.Cc1cccc2cc(N3CCCC3C)ncc12. The quantitative estimate of drug-likeness (QED) is 0.680. The summed E-state index contributed by atoms with van der Waals surface area (Å²) in [5.74, 6) is 1.13. The van der Waals surface area contributed by atoms with Crippen LogP contribution < -0.4 is 4.90 Å². The van der Waals surface area contributed by atoms with Crippen LogP contribution >= 0.6 is 0 Å². The van der Waals surface area contributed by atoms with Crippen molar-refractivity contribution >= 4 is 16.6 Å². The summed E-state index contributed by atoms with van der Waals surface area (Å²) in [6.45, 7) is 13.6. The van der Waals surface area contributed by atoms with Gasteiger partial charge < -0.3 is 4.90 Å². The molecule has 2 aromatic rings. The highest BCUT2D eigenvalue weighted by Crippen LogP contribution is 2.27. The van der Waals surface area contributed by atoms with E-state index < -0.39 is 0 Å². The number of pyridine rings is 1. The Balaban J connectivity index is 0.000000510. The van der Waals surface area contributed by atoms with Crippen molar-refractivity contribution < 1.29 is 0 Å². The minimum absolute atomic E-state index is 0.629. The Bertz CT molecular complexity index is 548. The van der Waals surface area contributed by atoms with Crippen molar-refractivity contribution in [3.8, 4) is 0 Å². The zero-order valence-corrected chi connectivity index (χ0v) is 14.5. The third-order valence-electron chi connectivity index (χ3n) is 3.82. The van der Waals surface area contributed by atoms with Crippen LogP contribution in [-0.4, -0.2) is 17.6 Å². The highest BCUT2D eigenvalue weighted by molar-refractivity contribution is 5.86. The van der Waals surface area contributed by atoms with Crippen LogP contribution in [0.15, 0.2) is 30.5 Å². The van der Waals surface area contributed by atoms with E-state index in [1.807, 2.05) is 33.9 Å². The number of nitrogens with zero attached hydrogens (tertiary/aromatic N) is 2. The number of aromatic nitrogens is 1. The summed E-state index contributed by atoms with van der Waals surface area (Å²) in [6, 6.07) is 9.29. The maximum Gasteiger partial charge on any atom is 0.129 e. The van der Waals surface area contributed by atoms with E-state index in [1.165, 1.54) is 29.2 Å². The molecule has 0 aliphatic carbocycles. The molecule has 2 nitrogen and oxygen atoms in total. The van der Waals surface area contributed by atoms with Gasteiger partial charge in [0.05, 0.1) is 0 Å². The first kappa shape index (κ1) is 17.5. The monoisotopic (exact) mass is 286 g/mol. The summed E-state index contributed by atoms with van der Waals surface area (Å²) < 4.78 is 0. The van der Waals surface area contributed by atoms with Gasteiger partial charge in [-0.2, -0.15) is 0 Å². The zero-order valence-electron chi connectivity index (χ0n) is 14.5. The molecule has 0 bridgehead atoms. The number of aryl methyl sites for hydroxylation is 1. The van der Waals surface area contributed by atoms with Crippen molar-refractivity contribution in [2.75, 3.05) is 11.4 Å². The van der Waals surface area contributed by atoms with Gasteiger partial charge in [0, 0.05) is 24.2 Å². The molecule has 0 amide bonds. The van der Waals surface area contributed by atoms with Crippen LogP contribution in [0.3, 0.4) is 0 Å². The van der Waals surface area contributed by atoms with Crippen molar-refractivity contribution in [2.45, 2.75) is 60.4 Å². The largest absolute Gasteiger partial charge is 0.354 e. The van der Waals surface area contributed by atoms with Gasteiger partial charge in [0.2, 0.25) is 0 Å². The van der Waals surface area contributed by atoms with E-state index in [4.69, 9.17) is 0 Å². The molecule has 2 heteroatoms. The van der Waals surface area contributed by atoms with Crippen LogP contribution in [0.4, 0.5) is 5.82 Å². The predicted octanol–water partition coefficient (Wildman–Crippen LogP) is 5.58. The van der Waals surface area contributed by atoms with Crippen LogP contribution in [0.5, 0.6) is 0 Å². The lowest BCUT2D eigenvalue weighted by Gasteiger charge is -2.22. The fourth-order valence-electron chi connectivity index (χ4n) is 2.74. The van der Waals surface area contributed by atoms with Gasteiger partial charge in [-0.05, 0) is 43.7 Å². The average Bonchev–Trinajstić information content (AvgIpc) is 2.97. The van der Waals surface area contributed by atoms with E-state index in [0.717, 1.165) is 12.4 Å². The lowest BCUT2D eigenvalue weighted by atomic mass is 10.1. The third-order valence-corrected chi connectivity index (χ3v) is 3.82. The van der Waals surface area contributed by atoms with E-state index in [2.05, 4.69) is 48.0 Å². The normalized spacial score (nSPS) is 16.9. The number of anilines is 1. The second-order valence-electron chi connectivity index (χ2n) is 5.02. The average molecular weight is 286 g/mol. The molecule has 1 atom stereocenters. The summed E-state index contributed by atoms with van der Waals surface area (Å²) in [6.07, 6.45) is 4.59. The molecule has 0 saturated carbocycles. The standard InChI is InChI=1S/C15H18N2.2C2H6/c1-11-5-3-7-13-9-15(16-10-14(11)13)17-8-4-6-12(17)2;2*1-2/h3,5,7,9-10,12H,4,6,8H2,1-2H3;2*1-2H3. The van der Waals surface area contributed by atoms with Gasteiger partial charge in [-0.3, -0.25) is 0 Å². The van der Waals surface area contributed by atoms with Crippen molar-refractivity contribution in [3.63, 3.8) is 0 Å². The summed E-state index contributed by atoms with van der Waals surface area (Å²) in [5, 5.41) is 2.57. The molecule has 0 radical (unpaired) electrons. The topological polar surface area (TPSA) is 16.1 Å². The molecule has 2 heterocycles. The first-order valence-corrected chi connectivity index (χ1v) is 8.38. The number of hydrogen-bond donors (Lipinski definition) is 0. The maximum atomic E-state index is 4.63. The highest BCUT2D eigenvalue weighted by atomic mass is 15.2. The summed E-state index contributed by atoms with van der Waals surface area (Å²) in [5.41, 5.74) is 1.30. The van der Waals surface area contributed by atoms with E-state index in [9.17, 15) is 0 Å². The molecule has 3 rings (SSSR count). The molecular formula is C19H30N2. The zero-order chi connectivity index (χ0) is 15.8. The van der Waals surface area contributed by atoms with E-state index in [0.29, 0.717) is 6.04 Å². The Morgan fingerprint density at radius 1 is 1.14 bits per heavy atom. The highest BCUT2D eigenvalue weighted by Gasteiger charge is 2.21. The Hall–Kier alpha value is -1.57. The van der Waals surface area contributed by atoms with E-state index >= 15 is 0 Å². The summed E-state index contributed by atoms with van der Waals surface area (Å²) in [7, 11) is 0. The predicted molar refractivity (Wildman–Crippen MR) is 95.2 cm³/mol. The number of rotatable bonds is 1. The second kappa shape index (κ2) is 8.66. The number of fused-ring (bicyclic) bond motifs is 1. The number of benzene rings is 1. The summed E-state index contributed by atoms with van der Waals surface area (Å²) >= 11 is 0. The molecule has 21 heavy (non-hydrogen) atoms. The first-order chi connectivity index (χ1) is 10.3. The molecule has 1 aliphatic heterocycles. The Kier molecular flexibility index (Phi) is 7.21. The molecule has 1 unspecified atom stereocenters. The lowest BCUT2D eigenvalue weighted by molar-refractivity contribution is 0.728. The minimum Gasteiger partial charge on any atom is -0.354 e. The lowest BCUT2D eigenvalue weighted by Crippen LogP contribution is -2.26. The van der Waals surface area contributed by atoms with Gasteiger partial charge in [0.1, 0.15) is 5.82 Å². The molecule has 1 fully saturated rings. The minimum atomic E-state index is 0.629. The molecule has 0 N–H and O–H groups in total. The Morgan fingerprint density at radius 2 is 1.86 bits per heavy atom. The van der Waals surface area contributed by atoms with Gasteiger partial charge >= 0.3 is 0 Å². The van der Waals surface area contributed by atoms with Crippen molar-refractivity contribution in [1.82, 2.24) is 4.98 Å². The van der Waals surface area contributed by atoms with Crippen molar-refractivity contribution in [3.05, 3.63) is 36.0 Å². The van der Waals surface area contributed by atoms with E-state index in [1.54, 1.807) is 0 Å². The molecule has 1 aromatic heterocycles. The fourth-order valence-corrected chi connectivity index (χ4v) is 2.74. The summed E-state index contributed by atoms with van der Waals surface area (Å²) in [4.78, 5) is 7.04. The van der Waals surface area contributed by atoms with Crippen LogP contribution in [0.2, 0.25) is 0 Å². The van der Waals surface area contributed by atoms with Gasteiger partial charge in [-0.25, -0.2) is 4.98 Å². The van der Waals surface area contributed by atoms with Crippen LogP contribution in [0.25, 0.3) is 10.8 Å². The van der Waals surface area contributed by atoms with Gasteiger partial charge in [0.25, 0.3) is 0 Å². The molecular weight excluding hydrogens is 256 g/mol. The van der Waals surface area contributed by atoms with Crippen molar-refractivity contribution in [2.24, 2.45) is 0 Å². The fraction of sp³-hybridized carbons (Fsp3) is 0.526. The maximum absolute atomic E-state index is 4.63. The van der Waals surface area contributed by atoms with Crippen LogP contribution in [-0.2, 0) is 0 Å². The molecule has 1 aliphatic rings. The number of hydrogen-bond acceptors (Lipinski definition) is 2. The second-order valence-corrected chi connectivity index (χ2v) is 5.02. The molecule has 1 saturated heterocycles. The van der Waals surface area contributed by atoms with Crippen LogP contribution in [0.1, 0.15) is 53.0 Å². The van der Waals surface area contributed by atoms with Crippen molar-refractivity contribution in [1.29, 1.82) is 0 Å². The molecule has 1 aromatic carbocycles. The first-order valence-electron chi connectivity index (χ1n) is 8.38.